The first-order valence-corrected chi connectivity index (χ1v) is 6.49. The molecule has 0 aromatic carbocycles. The van der Waals surface area contributed by atoms with E-state index in [0.717, 1.165) is 32.6 Å². The van der Waals surface area contributed by atoms with Gasteiger partial charge in [0.25, 0.3) is 0 Å². The highest BCUT2D eigenvalue weighted by Crippen LogP contribution is 2.15. The van der Waals surface area contributed by atoms with Gasteiger partial charge in [-0.3, -0.25) is 4.90 Å². The summed E-state index contributed by atoms with van der Waals surface area (Å²) in [6.45, 7) is 8.84. The molecule has 1 atom stereocenters. The summed E-state index contributed by atoms with van der Waals surface area (Å²) in [7, 11) is 0. The Morgan fingerprint density at radius 2 is 2.53 bits per heavy atom. The van der Waals surface area contributed by atoms with Gasteiger partial charge < -0.3 is 5.32 Å². The highest BCUT2D eigenvalue weighted by molar-refractivity contribution is 7.11. The zero-order chi connectivity index (χ0) is 10.7. The van der Waals surface area contributed by atoms with Crippen molar-refractivity contribution in [1.82, 2.24) is 15.2 Å². The van der Waals surface area contributed by atoms with E-state index in [9.17, 15) is 0 Å². The van der Waals surface area contributed by atoms with E-state index in [1.807, 2.05) is 17.5 Å². The molecule has 3 nitrogen and oxygen atoms in total. The fraction of sp³-hybridized carbons (Fsp3) is 0.727. The van der Waals surface area contributed by atoms with Gasteiger partial charge in [-0.25, -0.2) is 4.98 Å². The highest BCUT2D eigenvalue weighted by atomic mass is 32.1. The van der Waals surface area contributed by atoms with Crippen molar-refractivity contribution >= 4 is 11.3 Å². The lowest BCUT2D eigenvalue weighted by Crippen LogP contribution is -2.48. The van der Waals surface area contributed by atoms with Crippen molar-refractivity contribution in [3.8, 4) is 0 Å². The van der Waals surface area contributed by atoms with Crippen LogP contribution in [0.4, 0.5) is 0 Å². The average Bonchev–Trinajstić information content (AvgIpc) is 2.65. The Morgan fingerprint density at radius 3 is 3.20 bits per heavy atom. The predicted octanol–water partition coefficient (Wildman–Crippen LogP) is 1.50. The molecule has 0 amide bonds. The van der Waals surface area contributed by atoms with E-state index in [2.05, 4.69) is 29.0 Å². The van der Waals surface area contributed by atoms with Crippen LogP contribution in [0, 0.1) is 0 Å². The number of aromatic nitrogens is 1. The highest BCUT2D eigenvalue weighted by Gasteiger charge is 2.16. The third kappa shape index (κ3) is 3.00. The Hall–Kier alpha value is -0.450. The van der Waals surface area contributed by atoms with Crippen LogP contribution >= 0.6 is 11.3 Å². The molecule has 0 unspecified atom stereocenters. The summed E-state index contributed by atoms with van der Waals surface area (Å²) < 4.78 is 0. The topological polar surface area (TPSA) is 28.2 Å². The van der Waals surface area contributed by atoms with Gasteiger partial charge in [0.15, 0.2) is 0 Å². The third-order valence-electron chi connectivity index (χ3n) is 2.76. The summed E-state index contributed by atoms with van der Waals surface area (Å²) >= 11 is 1.85. The van der Waals surface area contributed by atoms with Gasteiger partial charge >= 0.3 is 0 Å². The average molecular weight is 225 g/mol. The number of piperazine rings is 1. The Bertz CT molecular complexity index is 311. The molecule has 2 heterocycles. The fourth-order valence-electron chi connectivity index (χ4n) is 1.93. The fourth-order valence-corrected chi connectivity index (χ4v) is 2.84. The lowest BCUT2D eigenvalue weighted by Gasteiger charge is -2.31. The number of rotatable bonds is 3. The molecule has 4 heteroatoms. The monoisotopic (exact) mass is 225 g/mol. The predicted molar refractivity (Wildman–Crippen MR) is 64.2 cm³/mol. The molecule has 84 valence electrons. The van der Waals surface area contributed by atoms with Crippen LogP contribution < -0.4 is 5.32 Å². The Morgan fingerprint density at radius 1 is 1.67 bits per heavy atom. The smallest absolute Gasteiger partial charge is 0.107 e. The number of thiazole rings is 1. The first-order chi connectivity index (χ1) is 7.28. The van der Waals surface area contributed by atoms with E-state index in [4.69, 9.17) is 0 Å². The first-order valence-electron chi connectivity index (χ1n) is 5.67. The van der Waals surface area contributed by atoms with E-state index < -0.39 is 0 Å². The lowest BCUT2D eigenvalue weighted by molar-refractivity contribution is 0.199. The van der Waals surface area contributed by atoms with Crippen LogP contribution in [0.5, 0.6) is 0 Å². The summed E-state index contributed by atoms with van der Waals surface area (Å²) in [6.07, 6.45) is 3.13. The summed E-state index contributed by atoms with van der Waals surface area (Å²) in [5, 5.41) is 4.72. The van der Waals surface area contributed by atoms with Crippen molar-refractivity contribution in [3.63, 3.8) is 0 Å². The van der Waals surface area contributed by atoms with Crippen LogP contribution in [0.1, 0.15) is 23.7 Å². The van der Waals surface area contributed by atoms with Crippen LogP contribution in [-0.2, 0) is 13.0 Å². The molecule has 0 radical (unpaired) electrons. The first kappa shape index (κ1) is 11.0. The van der Waals surface area contributed by atoms with Gasteiger partial charge in [-0.05, 0) is 13.3 Å². The summed E-state index contributed by atoms with van der Waals surface area (Å²) in [4.78, 5) is 8.34. The zero-order valence-electron chi connectivity index (χ0n) is 9.49. The number of hydrogen-bond donors (Lipinski definition) is 1. The summed E-state index contributed by atoms with van der Waals surface area (Å²) in [5.74, 6) is 0. The van der Waals surface area contributed by atoms with Crippen LogP contribution in [0.25, 0.3) is 0 Å². The van der Waals surface area contributed by atoms with E-state index in [1.54, 1.807) is 0 Å². The van der Waals surface area contributed by atoms with Crippen molar-refractivity contribution < 1.29 is 0 Å². The van der Waals surface area contributed by atoms with Crippen molar-refractivity contribution in [3.05, 3.63) is 16.1 Å². The molecule has 0 aliphatic carbocycles. The third-order valence-corrected chi connectivity index (χ3v) is 3.89. The van der Waals surface area contributed by atoms with Crippen molar-refractivity contribution in [1.29, 1.82) is 0 Å². The van der Waals surface area contributed by atoms with Gasteiger partial charge in [-0.15, -0.1) is 11.3 Å². The second kappa shape index (κ2) is 5.05. The Kier molecular flexibility index (Phi) is 3.72. The van der Waals surface area contributed by atoms with Crippen LogP contribution in [-0.4, -0.2) is 35.6 Å². The van der Waals surface area contributed by atoms with Gasteiger partial charge in [0.05, 0.1) is 6.54 Å². The largest absolute Gasteiger partial charge is 0.312 e. The molecule has 2 rings (SSSR count). The number of nitrogens with zero attached hydrogens (tertiary/aromatic N) is 2. The molecule has 1 aliphatic rings. The van der Waals surface area contributed by atoms with Crippen molar-refractivity contribution in [2.75, 3.05) is 19.6 Å². The standard InChI is InChI=1S/C11H19N3S/c1-3-10-6-13-11(15-10)8-14-5-4-12-9(2)7-14/h6,9,12H,3-5,7-8H2,1-2H3/t9-/m0/s1. The number of nitrogens with one attached hydrogen (secondary N) is 1. The van der Waals surface area contributed by atoms with E-state index in [1.165, 1.54) is 9.88 Å². The minimum atomic E-state index is 0.615. The van der Waals surface area contributed by atoms with Gasteiger partial charge in [0.1, 0.15) is 5.01 Å². The Labute approximate surface area is 95.5 Å². The van der Waals surface area contributed by atoms with Crippen LogP contribution in [0.3, 0.4) is 0 Å². The SMILES string of the molecule is CCc1cnc(CN2CCN[C@@H](C)C2)s1. The lowest BCUT2D eigenvalue weighted by atomic mass is 10.2. The number of hydrogen-bond acceptors (Lipinski definition) is 4. The van der Waals surface area contributed by atoms with E-state index >= 15 is 0 Å². The van der Waals surface area contributed by atoms with E-state index in [-0.39, 0.29) is 0 Å². The van der Waals surface area contributed by atoms with Crippen LogP contribution in [0.2, 0.25) is 0 Å². The van der Waals surface area contributed by atoms with Crippen molar-refractivity contribution in [2.24, 2.45) is 0 Å². The minimum absolute atomic E-state index is 0.615. The van der Waals surface area contributed by atoms with Gasteiger partial charge in [0.2, 0.25) is 0 Å². The van der Waals surface area contributed by atoms with Crippen LogP contribution in [0.15, 0.2) is 6.20 Å². The molecule has 0 saturated carbocycles. The molecule has 1 aliphatic heterocycles. The van der Waals surface area contributed by atoms with E-state index in [0.29, 0.717) is 6.04 Å². The normalized spacial score (nSPS) is 23.2. The number of aryl methyl sites for hydroxylation is 1. The maximum atomic E-state index is 4.46. The molecule has 1 N–H and O–H groups in total. The maximum Gasteiger partial charge on any atom is 0.107 e. The zero-order valence-corrected chi connectivity index (χ0v) is 10.3. The summed E-state index contributed by atoms with van der Waals surface area (Å²) in [5.41, 5.74) is 0. The molecule has 1 fully saturated rings. The second-order valence-electron chi connectivity index (χ2n) is 4.16. The molecule has 15 heavy (non-hydrogen) atoms. The quantitative estimate of drug-likeness (QED) is 0.845. The van der Waals surface area contributed by atoms with Gasteiger partial charge in [0, 0.05) is 36.8 Å². The van der Waals surface area contributed by atoms with Crippen molar-refractivity contribution in [2.45, 2.75) is 32.9 Å². The van der Waals surface area contributed by atoms with Gasteiger partial charge in [-0.1, -0.05) is 6.92 Å². The molecule has 1 aromatic rings. The molecular formula is C11H19N3S. The summed E-state index contributed by atoms with van der Waals surface area (Å²) in [6, 6.07) is 0.615. The molecule has 1 saturated heterocycles. The molecule has 0 spiro atoms. The molecular weight excluding hydrogens is 206 g/mol. The molecule has 1 aromatic heterocycles. The minimum Gasteiger partial charge on any atom is -0.312 e. The maximum absolute atomic E-state index is 4.46. The Balaban J connectivity index is 1.90. The van der Waals surface area contributed by atoms with Gasteiger partial charge in [-0.2, -0.15) is 0 Å². The second-order valence-corrected chi connectivity index (χ2v) is 5.36. The molecule has 0 bridgehead atoms.